The van der Waals surface area contributed by atoms with E-state index in [1.165, 1.54) is 24.4 Å². The molecule has 0 aliphatic heterocycles. The van der Waals surface area contributed by atoms with Gasteiger partial charge < -0.3 is 9.47 Å². The minimum atomic E-state index is -0.444. The average Bonchev–Trinajstić information content (AvgIpc) is 2.73. The zero-order valence-corrected chi connectivity index (χ0v) is 17.2. The van der Waals surface area contributed by atoms with Crippen molar-refractivity contribution < 1.29 is 18.7 Å². The lowest BCUT2D eigenvalue weighted by atomic mass is 10.2. The van der Waals surface area contributed by atoms with Gasteiger partial charge >= 0.3 is 0 Å². The molecule has 5 nitrogen and oxygen atoms in total. The summed E-state index contributed by atoms with van der Waals surface area (Å²) in [5.74, 6) is 0.239. The highest BCUT2D eigenvalue weighted by Crippen LogP contribution is 2.27. The fourth-order valence-corrected chi connectivity index (χ4v) is 2.84. The molecule has 1 amide bonds. The smallest absolute Gasteiger partial charge is 0.277 e. The Balaban J connectivity index is 1.47. The van der Waals surface area contributed by atoms with Crippen LogP contribution in [0.4, 0.5) is 4.39 Å². The molecule has 0 spiro atoms. The number of hydrogen-bond donors (Lipinski definition) is 1. The fourth-order valence-electron chi connectivity index (χ4n) is 2.38. The van der Waals surface area contributed by atoms with E-state index in [9.17, 15) is 9.18 Å². The van der Waals surface area contributed by atoms with Crippen LogP contribution in [0, 0.1) is 5.82 Å². The normalized spacial score (nSPS) is 10.8. The molecule has 0 saturated carbocycles. The number of halogens is 3. The number of amides is 1. The molecular weight excluding hydrogens is 430 g/mol. The van der Waals surface area contributed by atoms with E-state index in [0.717, 1.165) is 11.1 Å². The van der Waals surface area contributed by atoms with Crippen LogP contribution in [0.3, 0.4) is 0 Å². The second-order valence-electron chi connectivity index (χ2n) is 6.14. The first-order valence-electron chi connectivity index (χ1n) is 8.87. The molecule has 1 N–H and O–H groups in total. The monoisotopic (exact) mass is 446 g/mol. The van der Waals surface area contributed by atoms with Crippen LogP contribution in [-0.4, -0.2) is 18.7 Å². The summed E-state index contributed by atoms with van der Waals surface area (Å²) in [6.45, 7) is 0.0573. The Kier molecular flexibility index (Phi) is 7.65. The van der Waals surface area contributed by atoms with Gasteiger partial charge in [-0.1, -0.05) is 47.5 Å². The van der Waals surface area contributed by atoms with Crippen molar-refractivity contribution in [2.24, 2.45) is 5.10 Å². The van der Waals surface area contributed by atoms with Crippen molar-refractivity contribution in [3.8, 4) is 11.5 Å². The number of rotatable bonds is 8. The van der Waals surface area contributed by atoms with Gasteiger partial charge in [0.2, 0.25) is 0 Å². The van der Waals surface area contributed by atoms with E-state index >= 15 is 0 Å². The molecule has 0 aromatic heterocycles. The van der Waals surface area contributed by atoms with Crippen LogP contribution in [0.2, 0.25) is 10.0 Å². The van der Waals surface area contributed by atoms with E-state index in [4.69, 9.17) is 32.7 Å². The molecule has 0 fully saturated rings. The lowest BCUT2D eigenvalue weighted by Gasteiger charge is -2.07. The highest BCUT2D eigenvalue weighted by molar-refractivity contribution is 6.35. The van der Waals surface area contributed by atoms with Crippen LogP contribution in [0.25, 0.3) is 0 Å². The van der Waals surface area contributed by atoms with Crippen molar-refractivity contribution in [3.63, 3.8) is 0 Å². The van der Waals surface area contributed by atoms with Gasteiger partial charge in [-0.15, -0.1) is 0 Å². The largest absolute Gasteiger partial charge is 0.489 e. The topological polar surface area (TPSA) is 59.9 Å². The molecule has 3 rings (SSSR count). The second-order valence-corrected chi connectivity index (χ2v) is 6.99. The SMILES string of the molecule is O=C(COc1ccc(Cl)cc1Cl)N/N=C/c1cccc(OCc2ccc(F)cc2)c1. The molecule has 0 aliphatic rings. The Hall–Kier alpha value is -3.09. The Morgan fingerprint density at radius 2 is 1.83 bits per heavy atom. The molecule has 0 atom stereocenters. The Morgan fingerprint density at radius 1 is 1.03 bits per heavy atom. The van der Waals surface area contributed by atoms with Crippen LogP contribution >= 0.6 is 23.2 Å². The lowest BCUT2D eigenvalue weighted by Crippen LogP contribution is -2.24. The molecule has 30 heavy (non-hydrogen) atoms. The molecule has 0 bridgehead atoms. The number of nitrogens with one attached hydrogen (secondary N) is 1. The van der Waals surface area contributed by atoms with E-state index in [1.807, 2.05) is 6.07 Å². The van der Waals surface area contributed by atoms with Crippen LogP contribution in [-0.2, 0) is 11.4 Å². The van der Waals surface area contributed by atoms with Gasteiger partial charge in [-0.3, -0.25) is 4.79 Å². The predicted octanol–water partition coefficient (Wildman–Crippen LogP) is 5.24. The number of ether oxygens (including phenoxy) is 2. The summed E-state index contributed by atoms with van der Waals surface area (Å²) >= 11 is 11.8. The number of carbonyl (C=O) groups is 1. The number of hydrazone groups is 1. The molecule has 3 aromatic rings. The Bertz CT molecular complexity index is 1040. The summed E-state index contributed by atoms with van der Waals surface area (Å²) in [6.07, 6.45) is 1.48. The van der Waals surface area contributed by atoms with E-state index in [2.05, 4.69) is 10.5 Å². The first kappa shape index (κ1) is 21.6. The quantitative estimate of drug-likeness (QED) is 0.380. The third-order valence-corrected chi connectivity index (χ3v) is 4.36. The van der Waals surface area contributed by atoms with Gasteiger partial charge in [-0.2, -0.15) is 5.10 Å². The first-order chi connectivity index (χ1) is 14.5. The zero-order chi connectivity index (χ0) is 21.3. The van der Waals surface area contributed by atoms with E-state index in [1.54, 1.807) is 42.5 Å². The van der Waals surface area contributed by atoms with Crippen LogP contribution < -0.4 is 14.9 Å². The molecule has 0 radical (unpaired) electrons. The molecule has 154 valence electrons. The zero-order valence-electron chi connectivity index (χ0n) is 15.6. The van der Waals surface area contributed by atoms with Gasteiger partial charge in [0.25, 0.3) is 5.91 Å². The van der Waals surface area contributed by atoms with E-state index in [-0.39, 0.29) is 12.4 Å². The first-order valence-corrected chi connectivity index (χ1v) is 9.62. The summed E-state index contributed by atoms with van der Waals surface area (Å²) < 4.78 is 24.0. The van der Waals surface area contributed by atoms with Crippen molar-refractivity contribution in [2.75, 3.05) is 6.61 Å². The van der Waals surface area contributed by atoms with Gasteiger partial charge in [-0.05, 0) is 53.6 Å². The standard InChI is InChI=1S/C22H17Cl2FN2O3/c23-17-6-9-21(20(24)11-17)30-14-22(28)27-26-12-16-2-1-3-19(10-16)29-13-15-4-7-18(25)8-5-15/h1-12H,13-14H2,(H,27,28)/b26-12+. The lowest BCUT2D eigenvalue weighted by molar-refractivity contribution is -0.123. The Labute approximate surface area is 183 Å². The number of carbonyl (C=O) groups excluding carboxylic acids is 1. The third-order valence-electron chi connectivity index (χ3n) is 3.83. The minimum absolute atomic E-state index is 0.250. The maximum Gasteiger partial charge on any atom is 0.277 e. The number of benzene rings is 3. The molecule has 8 heteroatoms. The Morgan fingerprint density at radius 3 is 2.60 bits per heavy atom. The van der Waals surface area contributed by atoms with Crippen molar-refractivity contribution in [1.29, 1.82) is 0 Å². The maximum absolute atomic E-state index is 12.9. The van der Waals surface area contributed by atoms with Gasteiger partial charge in [0.15, 0.2) is 6.61 Å². The summed E-state index contributed by atoms with van der Waals surface area (Å²) in [4.78, 5) is 11.9. The van der Waals surface area contributed by atoms with Crippen molar-refractivity contribution in [1.82, 2.24) is 5.43 Å². The number of hydrogen-bond acceptors (Lipinski definition) is 4. The van der Waals surface area contributed by atoms with Gasteiger partial charge in [0, 0.05) is 5.02 Å². The molecular formula is C22H17Cl2FN2O3. The minimum Gasteiger partial charge on any atom is -0.489 e. The van der Waals surface area contributed by atoms with Crippen molar-refractivity contribution >= 4 is 35.3 Å². The van der Waals surface area contributed by atoms with Crippen molar-refractivity contribution in [2.45, 2.75) is 6.61 Å². The van der Waals surface area contributed by atoms with Gasteiger partial charge in [0.1, 0.15) is 23.9 Å². The molecule has 0 aliphatic carbocycles. The molecule has 0 unspecified atom stereocenters. The predicted molar refractivity (Wildman–Crippen MR) is 115 cm³/mol. The molecule has 0 saturated heterocycles. The van der Waals surface area contributed by atoms with E-state index < -0.39 is 5.91 Å². The summed E-state index contributed by atoms with van der Waals surface area (Å²) in [5, 5.41) is 4.70. The van der Waals surface area contributed by atoms with Crippen LogP contribution in [0.5, 0.6) is 11.5 Å². The highest BCUT2D eigenvalue weighted by atomic mass is 35.5. The van der Waals surface area contributed by atoms with E-state index in [0.29, 0.717) is 28.2 Å². The average molecular weight is 447 g/mol. The third kappa shape index (κ3) is 6.76. The van der Waals surface area contributed by atoms with Gasteiger partial charge in [-0.25, -0.2) is 9.82 Å². The highest BCUT2D eigenvalue weighted by Gasteiger charge is 2.06. The summed E-state index contributed by atoms with van der Waals surface area (Å²) in [5.41, 5.74) is 3.96. The van der Waals surface area contributed by atoms with Crippen LogP contribution in [0.15, 0.2) is 71.8 Å². The number of nitrogens with zero attached hydrogens (tertiary/aromatic N) is 1. The van der Waals surface area contributed by atoms with Crippen LogP contribution in [0.1, 0.15) is 11.1 Å². The van der Waals surface area contributed by atoms with Crippen molar-refractivity contribution in [3.05, 3.63) is 93.7 Å². The summed E-state index contributed by atoms with van der Waals surface area (Å²) in [6, 6.07) is 18.0. The van der Waals surface area contributed by atoms with Gasteiger partial charge in [0.05, 0.1) is 11.2 Å². The molecule has 0 heterocycles. The summed E-state index contributed by atoms with van der Waals surface area (Å²) in [7, 11) is 0. The second kappa shape index (κ2) is 10.6. The molecule has 3 aromatic carbocycles. The fraction of sp³-hybridized carbons (Fsp3) is 0.0909. The maximum atomic E-state index is 12.9.